The predicted molar refractivity (Wildman–Crippen MR) is 118 cm³/mol. The van der Waals surface area contributed by atoms with E-state index in [4.69, 9.17) is 34.5 Å². The minimum Gasteiger partial charge on any atom is -0.456 e. The van der Waals surface area contributed by atoms with Crippen LogP contribution < -0.4 is 15.4 Å². The first kappa shape index (κ1) is 23.3. The van der Waals surface area contributed by atoms with Crippen LogP contribution in [-0.2, 0) is 6.18 Å². The quantitative estimate of drug-likeness (QED) is 0.369. The molecule has 0 unspecified atom stereocenters. The van der Waals surface area contributed by atoms with Gasteiger partial charge in [-0.2, -0.15) is 13.2 Å². The summed E-state index contributed by atoms with van der Waals surface area (Å²) in [5, 5.41) is 4.63. The van der Waals surface area contributed by atoms with Crippen molar-refractivity contribution in [3.8, 4) is 11.5 Å². The van der Waals surface area contributed by atoms with Gasteiger partial charge in [-0.25, -0.2) is 9.64 Å². The first-order valence-corrected chi connectivity index (χ1v) is 9.72. The van der Waals surface area contributed by atoms with Gasteiger partial charge in [0.25, 0.3) is 0 Å². The molecule has 2 N–H and O–H groups in total. The summed E-state index contributed by atoms with van der Waals surface area (Å²) in [5.74, 6) is 0.685. The zero-order valence-corrected chi connectivity index (χ0v) is 17.9. The highest BCUT2D eigenvalue weighted by molar-refractivity contribution is 6.32. The van der Waals surface area contributed by atoms with Crippen molar-refractivity contribution < 1.29 is 22.7 Å². The summed E-state index contributed by atoms with van der Waals surface area (Å²) in [6.07, 6.45) is -4.65. The Morgan fingerprint density at radius 2 is 1.59 bits per heavy atom. The second kappa shape index (κ2) is 9.39. The Morgan fingerprint density at radius 1 is 0.969 bits per heavy atom. The molecule has 3 aromatic rings. The maximum atomic E-state index is 13.0. The second-order valence-corrected chi connectivity index (χ2v) is 7.39. The highest BCUT2D eigenvalue weighted by Crippen LogP contribution is 2.36. The molecule has 32 heavy (non-hydrogen) atoms. The van der Waals surface area contributed by atoms with Crippen LogP contribution in [0.3, 0.4) is 0 Å². The van der Waals surface area contributed by atoms with Gasteiger partial charge in [-0.1, -0.05) is 29.3 Å². The minimum atomic E-state index is -4.65. The van der Waals surface area contributed by atoms with E-state index >= 15 is 0 Å². The second-order valence-electron chi connectivity index (χ2n) is 6.58. The molecule has 0 aliphatic heterocycles. The number of urea groups is 1. The highest BCUT2D eigenvalue weighted by Gasteiger charge is 2.33. The number of hydrogen-bond donors (Lipinski definition) is 2. The molecular formula is C22H14Cl2F3N3O2. The van der Waals surface area contributed by atoms with Gasteiger partial charge in [0.05, 0.1) is 22.2 Å². The summed E-state index contributed by atoms with van der Waals surface area (Å²) in [7, 11) is 0. The predicted octanol–water partition coefficient (Wildman–Crippen LogP) is 8.31. The summed E-state index contributed by atoms with van der Waals surface area (Å²) in [6.45, 7) is 8.86. The average molecular weight is 480 g/mol. The molecular weight excluding hydrogens is 466 g/mol. The van der Waals surface area contributed by atoms with Crippen molar-refractivity contribution in [1.82, 2.24) is 0 Å². The fourth-order valence-electron chi connectivity index (χ4n) is 2.72. The molecule has 0 aliphatic carbocycles. The van der Waals surface area contributed by atoms with Gasteiger partial charge in [-0.15, -0.1) is 0 Å². The van der Waals surface area contributed by atoms with E-state index in [1.54, 1.807) is 25.1 Å². The Balaban J connectivity index is 1.74. The molecule has 0 fully saturated rings. The van der Waals surface area contributed by atoms with Crippen LogP contribution in [-0.4, -0.2) is 6.03 Å². The minimum absolute atomic E-state index is 0.0833. The lowest BCUT2D eigenvalue weighted by molar-refractivity contribution is -0.137. The molecule has 3 rings (SSSR count). The lowest BCUT2D eigenvalue weighted by atomic mass is 10.2. The molecule has 0 spiro atoms. The zero-order chi connectivity index (χ0) is 23.5. The molecule has 2 amide bonds. The number of anilines is 2. The molecule has 0 bridgehead atoms. The van der Waals surface area contributed by atoms with Gasteiger partial charge >= 0.3 is 12.2 Å². The number of halogens is 5. The van der Waals surface area contributed by atoms with Crippen molar-refractivity contribution in [3.63, 3.8) is 0 Å². The SMILES string of the molecule is [C-]#[N+]c1ccc(Oc2cc(NC(=O)Nc3ccc(Cl)c(C(F)(F)F)c3)ccc2Cl)cc1C. The van der Waals surface area contributed by atoms with E-state index in [9.17, 15) is 18.0 Å². The monoisotopic (exact) mass is 479 g/mol. The van der Waals surface area contributed by atoms with Gasteiger partial charge in [-0.3, -0.25) is 0 Å². The molecule has 0 aromatic heterocycles. The molecule has 3 aromatic carbocycles. The fourth-order valence-corrected chi connectivity index (χ4v) is 3.10. The lowest BCUT2D eigenvalue weighted by Crippen LogP contribution is -2.20. The molecule has 0 atom stereocenters. The number of alkyl halides is 3. The van der Waals surface area contributed by atoms with E-state index in [2.05, 4.69) is 15.5 Å². The molecule has 0 radical (unpaired) electrons. The number of aryl methyl sites for hydroxylation is 1. The average Bonchev–Trinajstić information content (AvgIpc) is 2.71. The molecule has 164 valence electrons. The standard InChI is InChI=1S/C22H14Cl2F3N3O2/c1-12-9-15(5-8-19(12)28-2)32-20-11-14(4-7-18(20)24)30-21(31)29-13-3-6-17(23)16(10-13)22(25,26)27/h3-11H,1H3,(H2,29,30,31). The van der Waals surface area contributed by atoms with Crippen LogP contribution in [0.2, 0.25) is 10.0 Å². The first-order valence-electron chi connectivity index (χ1n) is 8.97. The van der Waals surface area contributed by atoms with E-state index in [0.717, 1.165) is 17.7 Å². The number of nitrogens with zero attached hydrogens (tertiary/aromatic N) is 1. The van der Waals surface area contributed by atoms with Gasteiger partial charge in [0.2, 0.25) is 0 Å². The van der Waals surface area contributed by atoms with E-state index < -0.39 is 22.8 Å². The Hall–Kier alpha value is -3.41. The van der Waals surface area contributed by atoms with Crippen LogP contribution in [0.25, 0.3) is 4.85 Å². The van der Waals surface area contributed by atoms with E-state index in [-0.39, 0.29) is 16.5 Å². The third kappa shape index (κ3) is 5.63. The maximum absolute atomic E-state index is 13.0. The third-order valence-corrected chi connectivity index (χ3v) is 4.88. The van der Waals surface area contributed by atoms with Gasteiger partial charge in [0, 0.05) is 17.4 Å². The smallest absolute Gasteiger partial charge is 0.417 e. The van der Waals surface area contributed by atoms with Crippen molar-refractivity contribution in [2.45, 2.75) is 13.1 Å². The van der Waals surface area contributed by atoms with Gasteiger partial charge in [0.1, 0.15) is 11.5 Å². The fraction of sp³-hybridized carbons (Fsp3) is 0.0909. The molecule has 10 heteroatoms. The Labute approximate surface area is 191 Å². The first-order chi connectivity index (χ1) is 15.1. The number of carbonyl (C=O) groups is 1. The van der Waals surface area contributed by atoms with Crippen LogP contribution >= 0.6 is 23.2 Å². The lowest BCUT2D eigenvalue weighted by Gasteiger charge is -2.13. The molecule has 0 saturated heterocycles. The summed E-state index contributed by atoms with van der Waals surface area (Å²) >= 11 is 11.7. The van der Waals surface area contributed by atoms with E-state index in [1.165, 1.54) is 24.3 Å². The number of amides is 2. The maximum Gasteiger partial charge on any atom is 0.417 e. The normalized spacial score (nSPS) is 10.9. The summed E-state index contributed by atoms with van der Waals surface area (Å²) < 4.78 is 44.7. The Morgan fingerprint density at radius 3 is 2.19 bits per heavy atom. The number of rotatable bonds is 4. The van der Waals surface area contributed by atoms with Crippen LogP contribution in [0.5, 0.6) is 11.5 Å². The largest absolute Gasteiger partial charge is 0.456 e. The topological polar surface area (TPSA) is 54.7 Å². The number of carbonyl (C=O) groups excluding carboxylic acids is 1. The number of hydrogen-bond acceptors (Lipinski definition) is 2. The van der Waals surface area contributed by atoms with Crippen LogP contribution in [0.15, 0.2) is 54.6 Å². The summed E-state index contributed by atoms with van der Waals surface area (Å²) in [4.78, 5) is 15.6. The van der Waals surface area contributed by atoms with Crippen LogP contribution in [0.4, 0.5) is 35.0 Å². The van der Waals surface area contributed by atoms with E-state index in [1.807, 2.05) is 0 Å². The summed E-state index contributed by atoms with van der Waals surface area (Å²) in [6, 6.07) is 11.6. The van der Waals surface area contributed by atoms with Gasteiger partial charge in [0.15, 0.2) is 5.69 Å². The molecule has 0 aliphatic rings. The van der Waals surface area contributed by atoms with Crippen LogP contribution in [0, 0.1) is 13.5 Å². The van der Waals surface area contributed by atoms with Crippen molar-refractivity contribution in [3.05, 3.63) is 87.2 Å². The molecule has 5 nitrogen and oxygen atoms in total. The van der Waals surface area contributed by atoms with E-state index in [0.29, 0.717) is 17.1 Å². The third-order valence-electron chi connectivity index (χ3n) is 4.24. The van der Waals surface area contributed by atoms with Gasteiger partial charge in [-0.05, 0) is 55.0 Å². The van der Waals surface area contributed by atoms with Gasteiger partial charge < -0.3 is 15.4 Å². The number of ether oxygens (including phenoxy) is 1. The van der Waals surface area contributed by atoms with Crippen molar-refractivity contribution >= 4 is 46.3 Å². The van der Waals surface area contributed by atoms with Crippen LogP contribution in [0.1, 0.15) is 11.1 Å². The van der Waals surface area contributed by atoms with Crippen molar-refractivity contribution in [1.29, 1.82) is 0 Å². The van der Waals surface area contributed by atoms with Crippen molar-refractivity contribution in [2.24, 2.45) is 0 Å². The number of benzene rings is 3. The Bertz CT molecular complexity index is 1220. The zero-order valence-electron chi connectivity index (χ0n) is 16.3. The molecule has 0 saturated carbocycles. The Kier molecular flexibility index (Phi) is 6.82. The van der Waals surface area contributed by atoms with Crippen molar-refractivity contribution in [2.75, 3.05) is 10.6 Å². The summed E-state index contributed by atoms with van der Waals surface area (Å²) in [5.41, 5.74) is 0.370. The highest BCUT2D eigenvalue weighted by atomic mass is 35.5. The number of nitrogens with one attached hydrogen (secondary N) is 2. The molecule has 0 heterocycles.